The van der Waals surface area contributed by atoms with Gasteiger partial charge in [0, 0.05) is 17.2 Å². The number of fused-ring (bicyclic) bond motifs is 1. The van der Waals surface area contributed by atoms with E-state index in [4.69, 9.17) is 14.2 Å². The van der Waals surface area contributed by atoms with Gasteiger partial charge in [-0.1, -0.05) is 34.9 Å². The van der Waals surface area contributed by atoms with Gasteiger partial charge in [-0.3, -0.25) is 4.79 Å². The fourth-order valence-electron chi connectivity index (χ4n) is 3.58. The number of benzene rings is 2. The minimum atomic E-state index is -0.856. The molecule has 2 aromatic carbocycles. The molecule has 0 aliphatic carbocycles. The van der Waals surface area contributed by atoms with Crippen molar-refractivity contribution in [3.8, 4) is 11.5 Å². The molecule has 10 heteroatoms. The molecule has 1 N–H and O–H groups in total. The van der Waals surface area contributed by atoms with Gasteiger partial charge in [-0.05, 0) is 29.5 Å². The number of ether oxygens (including phenoxy) is 3. The lowest BCUT2D eigenvalue weighted by molar-refractivity contribution is -0.136. The fourth-order valence-corrected chi connectivity index (χ4v) is 3.58. The largest absolute Gasteiger partial charge is 0.497 e. The predicted molar refractivity (Wildman–Crippen MR) is 114 cm³/mol. The van der Waals surface area contributed by atoms with Crippen LogP contribution >= 0.6 is 0 Å². The van der Waals surface area contributed by atoms with Gasteiger partial charge in [0.2, 0.25) is 5.95 Å². The van der Waals surface area contributed by atoms with Crippen LogP contribution in [0.1, 0.15) is 27.5 Å². The number of allylic oxidation sites excluding steroid dienone is 1. The maximum absolute atomic E-state index is 13.7. The summed E-state index contributed by atoms with van der Waals surface area (Å²) in [6.07, 6.45) is 0. The van der Waals surface area contributed by atoms with Gasteiger partial charge in [0.05, 0.1) is 26.9 Å². The number of anilines is 1. The molecule has 3 aromatic rings. The maximum atomic E-state index is 13.7. The Bertz CT molecular complexity index is 1220. The first-order valence-corrected chi connectivity index (χ1v) is 9.69. The van der Waals surface area contributed by atoms with Gasteiger partial charge in [0.15, 0.2) is 5.78 Å². The van der Waals surface area contributed by atoms with Crippen LogP contribution in [0.4, 0.5) is 5.95 Å². The Labute approximate surface area is 183 Å². The van der Waals surface area contributed by atoms with E-state index < -0.39 is 12.0 Å². The van der Waals surface area contributed by atoms with Gasteiger partial charge < -0.3 is 19.5 Å². The second kappa shape index (κ2) is 8.50. The number of methoxy groups -OCH3 is 3. The number of aryl methyl sites for hydroxylation is 1. The third-order valence-corrected chi connectivity index (χ3v) is 5.20. The third kappa shape index (κ3) is 3.55. The number of nitrogens with one attached hydrogen (secondary N) is 1. The maximum Gasteiger partial charge on any atom is 0.355 e. The average Bonchev–Trinajstić information content (AvgIpc) is 3.30. The van der Waals surface area contributed by atoms with E-state index in [9.17, 15) is 9.59 Å². The predicted octanol–water partition coefficient (Wildman–Crippen LogP) is 2.32. The van der Waals surface area contributed by atoms with Crippen molar-refractivity contribution in [3.05, 3.63) is 70.4 Å². The van der Waals surface area contributed by atoms with Crippen molar-refractivity contribution in [2.24, 2.45) is 0 Å². The molecule has 2 heterocycles. The zero-order chi connectivity index (χ0) is 22.8. The zero-order valence-electron chi connectivity index (χ0n) is 17.9. The summed E-state index contributed by atoms with van der Waals surface area (Å²) in [4.78, 5) is 26.4. The summed E-state index contributed by atoms with van der Waals surface area (Å²) in [7, 11) is 4.29. The van der Waals surface area contributed by atoms with E-state index in [2.05, 4.69) is 20.8 Å². The van der Waals surface area contributed by atoms with Crippen LogP contribution in [-0.4, -0.2) is 53.3 Å². The molecule has 164 valence electrons. The van der Waals surface area contributed by atoms with Gasteiger partial charge in [0.1, 0.15) is 23.2 Å². The van der Waals surface area contributed by atoms with Crippen LogP contribution < -0.4 is 14.8 Å². The molecule has 1 aliphatic rings. The van der Waals surface area contributed by atoms with E-state index in [1.807, 2.05) is 19.1 Å². The summed E-state index contributed by atoms with van der Waals surface area (Å²) in [5.41, 5.74) is 2.07. The summed E-state index contributed by atoms with van der Waals surface area (Å²) in [6, 6.07) is 11.4. The first-order chi connectivity index (χ1) is 15.5. The van der Waals surface area contributed by atoms with Crippen molar-refractivity contribution in [3.63, 3.8) is 0 Å². The number of tetrazole rings is 1. The van der Waals surface area contributed by atoms with Crippen LogP contribution in [0.2, 0.25) is 0 Å². The van der Waals surface area contributed by atoms with Gasteiger partial charge in [0.25, 0.3) is 0 Å². The highest BCUT2D eigenvalue weighted by Gasteiger charge is 2.39. The molecule has 4 rings (SSSR count). The molecule has 1 aromatic heterocycles. The molecule has 32 heavy (non-hydrogen) atoms. The van der Waals surface area contributed by atoms with Crippen molar-refractivity contribution < 1.29 is 23.8 Å². The smallest absolute Gasteiger partial charge is 0.355 e. The molecule has 10 nitrogen and oxygen atoms in total. The number of Topliss-reactive ketones (excluding diaryl/α,β-unsaturated/α-hetero) is 1. The average molecular weight is 435 g/mol. The molecule has 0 spiro atoms. The molecule has 0 radical (unpaired) electrons. The number of aromatic nitrogens is 4. The van der Waals surface area contributed by atoms with Crippen molar-refractivity contribution in [1.29, 1.82) is 0 Å². The van der Waals surface area contributed by atoms with Crippen LogP contribution in [-0.2, 0) is 9.53 Å². The number of nitrogens with zero attached hydrogens (tertiary/aromatic N) is 4. The molecule has 0 bridgehead atoms. The van der Waals surface area contributed by atoms with Crippen molar-refractivity contribution in [1.82, 2.24) is 20.2 Å². The van der Waals surface area contributed by atoms with E-state index >= 15 is 0 Å². The summed E-state index contributed by atoms with van der Waals surface area (Å²) in [5, 5.41) is 14.6. The first-order valence-electron chi connectivity index (χ1n) is 9.69. The Morgan fingerprint density at radius 1 is 1.03 bits per heavy atom. The Balaban J connectivity index is 1.98. The van der Waals surface area contributed by atoms with Gasteiger partial charge in [-0.15, -0.1) is 0 Å². The highest BCUT2D eigenvalue weighted by atomic mass is 16.5. The molecule has 0 unspecified atom stereocenters. The standard InChI is InChI=1S/C22H21N5O5/c1-12-5-7-13(8-6-12)20(28)17-18(21(29)32-4)23-22-24-25-26-27(22)19(17)15-10-9-14(30-2)11-16(15)31-3/h5-11,19H,1-4H3,(H,23,24,26)/t19-/m0/s1. The third-order valence-electron chi connectivity index (χ3n) is 5.20. The topological polar surface area (TPSA) is 117 Å². The second-order valence-electron chi connectivity index (χ2n) is 7.06. The second-order valence-corrected chi connectivity index (χ2v) is 7.06. The van der Waals surface area contributed by atoms with Gasteiger partial charge in [-0.2, -0.15) is 4.68 Å². The minimum absolute atomic E-state index is 0.0387. The number of carbonyl (C=O) groups is 2. The van der Waals surface area contributed by atoms with Crippen LogP contribution in [0.25, 0.3) is 0 Å². The van der Waals surface area contributed by atoms with E-state index in [1.54, 1.807) is 37.4 Å². The number of ketones is 1. The summed E-state index contributed by atoms with van der Waals surface area (Å²) in [6.45, 7) is 1.92. The number of hydrogen-bond acceptors (Lipinski definition) is 9. The number of esters is 1. The van der Waals surface area contributed by atoms with E-state index in [-0.39, 0.29) is 23.0 Å². The van der Waals surface area contributed by atoms with Crippen LogP contribution in [0.3, 0.4) is 0 Å². The monoisotopic (exact) mass is 435 g/mol. The number of rotatable bonds is 6. The lowest BCUT2D eigenvalue weighted by Crippen LogP contribution is -2.33. The van der Waals surface area contributed by atoms with E-state index in [0.717, 1.165) is 5.56 Å². The van der Waals surface area contributed by atoms with Gasteiger partial charge >= 0.3 is 5.97 Å². The Hall–Kier alpha value is -4.21. The number of hydrogen-bond donors (Lipinski definition) is 1. The van der Waals surface area contributed by atoms with Crippen molar-refractivity contribution in [2.75, 3.05) is 26.6 Å². The fraction of sp³-hybridized carbons (Fsp3) is 0.227. The highest BCUT2D eigenvalue weighted by Crippen LogP contribution is 2.41. The van der Waals surface area contributed by atoms with Gasteiger partial charge in [-0.25, -0.2) is 4.79 Å². The Morgan fingerprint density at radius 3 is 2.44 bits per heavy atom. The van der Waals surface area contributed by atoms with Crippen LogP contribution in [0.5, 0.6) is 11.5 Å². The molecule has 0 fully saturated rings. The molecule has 0 saturated heterocycles. The SMILES string of the molecule is COC(=O)C1=C(C(=O)c2ccc(C)cc2)[C@H](c2ccc(OC)cc2OC)n2nnnc2N1. The molecular formula is C22H21N5O5. The van der Waals surface area contributed by atoms with Crippen LogP contribution in [0.15, 0.2) is 53.7 Å². The first kappa shape index (κ1) is 21.0. The Morgan fingerprint density at radius 2 is 1.78 bits per heavy atom. The molecular weight excluding hydrogens is 414 g/mol. The Kier molecular flexibility index (Phi) is 5.59. The molecule has 0 amide bonds. The van der Waals surface area contributed by atoms with E-state index in [1.165, 1.54) is 18.9 Å². The molecule has 0 saturated carbocycles. The molecule has 1 aliphatic heterocycles. The van der Waals surface area contributed by atoms with E-state index in [0.29, 0.717) is 22.6 Å². The highest BCUT2D eigenvalue weighted by molar-refractivity contribution is 6.15. The minimum Gasteiger partial charge on any atom is -0.497 e. The summed E-state index contributed by atoms with van der Waals surface area (Å²) < 4.78 is 17.2. The summed E-state index contributed by atoms with van der Waals surface area (Å²) >= 11 is 0. The van der Waals surface area contributed by atoms with Crippen molar-refractivity contribution >= 4 is 17.7 Å². The zero-order valence-corrected chi connectivity index (χ0v) is 17.9. The van der Waals surface area contributed by atoms with Crippen molar-refractivity contribution in [2.45, 2.75) is 13.0 Å². The molecule has 1 atom stereocenters. The lowest BCUT2D eigenvalue weighted by atomic mass is 9.88. The normalized spacial score (nSPS) is 14.9. The quantitative estimate of drug-likeness (QED) is 0.460. The lowest BCUT2D eigenvalue weighted by Gasteiger charge is -2.29. The van der Waals surface area contributed by atoms with Crippen LogP contribution in [0, 0.1) is 6.92 Å². The summed E-state index contributed by atoms with van der Waals surface area (Å²) in [5.74, 6) is 0.110. The number of carbonyl (C=O) groups excluding carboxylic acids is 2.